The first-order valence-corrected chi connectivity index (χ1v) is 13.4. The van der Waals surface area contributed by atoms with Crippen molar-refractivity contribution in [3.8, 4) is 0 Å². The Hall–Kier alpha value is -2.43. The molecule has 10 heteroatoms. The molecule has 0 spiro atoms. The molecule has 1 N–H and O–H groups in total. The van der Waals surface area contributed by atoms with Crippen molar-refractivity contribution in [1.82, 2.24) is 19.4 Å². The highest BCUT2D eigenvalue weighted by Gasteiger charge is 2.35. The van der Waals surface area contributed by atoms with Crippen LogP contribution in [0.5, 0.6) is 0 Å². The van der Waals surface area contributed by atoms with Gasteiger partial charge in [0.25, 0.3) is 15.9 Å². The average Bonchev–Trinajstić information content (AvgIpc) is 3.26. The van der Waals surface area contributed by atoms with Crippen LogP contribution in [0, 0.1) is 13.8 Å². The Kier molecular flexibility index (Phi) is 8.72. The summed E-state index contributed by atoms with van der Waals surface area (Å²) in [7, 11) is -3.91. The molecule has 188 valence electrons. The predicted octanol–water partition coefficient (Wildman–Crippen LogP) is 2.58. The fourth-order valence-corrected chi connectivity index (χ4v) is 5.49. The van der Waals surface area contributed by atoms with Crippen molar-refractivity contribution in [2.45, 2.75) is 58.7 Å². The van der Waals surface area contributed by atoms with Crippen LogP contribution in [-0.2, 0) is 21.3 Å². The molecule has 1 aromatic heterocycles. The highest BCUT2D eigenvalue weighted by molar-refractivity contribution is 7.89. The maximum absolute atomic E-state index is 13.5. The third kappa shape index (κ3) is 5.97. The molecular weight excluding hydrogens is 454 g/mol. The number of rotatable bonds is 10. The van der Waals surface area contributed by atoms with Gasteiger partial charge in [-0.05, 0) is 58.2 Å². The molecule has 34 heavy (non-hydrogen) atoms. The quantitative estimate of drug-likeness (QED) is 0.513. The summed E-state index contributed by atoms with van der Waals surface area (Å²) >= 11 is 0. The van der Waals surface area contributed by atoms with Crippen molar-refractivity contribution >= 4 is 21.6 Å². The van der Waals surface area contributed by atoms with E-state index < -0.39 is 15.9 Å². The zero-order valence-electron chi connectivity index (χ0n) is 20.9. The molecule has 9 nitrogen and oxygen atoms in total. The minimum Gasteiger partial charge on any atom is -0.379 e. The van der Waals surface area contributed by atoms with Gasteiger partial charge in [-0.1, -0.05) is 12.1 Å². The maximum Gasteiger partial charge on any atom is 0.263 e. The molecule has 2 aromatic rings. The van der Waals surface area contributed by atoms with E-state index in [-0.39, 0.29) is 16.7 Å². The Morgan fingerprint density at radius 3 is 2.53 bits per heavy atom. The number of benzene rings is 1. The largest absolute Gasteiger partial charge is 0.379 e. The highest BCUT2D eigenvalue weighted by Crippen LogP contribution is 2.26. The number of nitrogens with zero attached hydrogens (tertiary/aromatic N) is 4. The van der Waals surface area contributed by atoms with Gasteiger partial charge in [-0.3, -0.25) is 9.48 Å². The standard InChI is InChI=1S/C24H37N5O4S/c1-6-28-17-21(23(30)25-11-8-16-33-18(2)3)24(26-28)34(31,32)29-14-12-27(13-15-29)22-10-7-9-19(4)20(22)5/h7,9-10,17-18H,6,8,11-16H2,1-5H3,(H,25,30). The van der Waals surface area contributed by atoms with E-state index in [0.717, 1.165) is 5.69 Å². The van der Waals surface area contributed by atoms with Gasteiger partial charge in [0.05, 0.1) is 11.7 Å². The Balaban J connectivity index is 1.70. The lowest BCUT2D eigenvalue weighted by atomic mass is 10.1. The molecule has 1 fully saturated rings. The molecule has 3 rings (SSSR count). The Bertz CT molecular complexity index is 1090. The third-order valence-corrected chi connectivity index (χ3v) is 7.93. The van der Waals surface area contributed by atoms with Crippen molar-refractivity contribution in [2.75, 3.05) is 44.2 Å². The highest BCUT2D eigenvalue weighted by atomic mass is 32.2. The number of carbonyl (C=O) groups is 1. The number of ether oxygens (including phenoxy) is 1. The fourth-order valence-electron chi connectivity index (χ4n) is 3.97. The normalized spacial score (nSPS) is 15.2. The van der Waals surface area contributed by atoms with Crippen LogP contribution in [0.25, 0.3) is 0 Å². The molecule has 2 heterocycles. The predicted molar refractivity (Wildman–Crippen MR) is 133 cm³/mol. The third-order valence-electron chi connectivity index (χ3n) is 6.09. The van der Waals surface area contributed by atoms with Crippen molar-refractivity contribution in [3.63, 3.8) is 0 Å². The van der Waals surface area contributed by atoms with E-state index in [2.05, 4.69) is 41.3 Å². The zero-order chi connectivity index (χ0) is 24.9. The van der Waals surface area contributed by atoms with E-state index >= 15 is 0 Å². The minimum absolute atomic E-state index is 0.0867. The van der Waals surface area contributed by atoms with Crippen molar-refractivity contribution in [1.29, 1.82) is 0 Å². The topological polar surface area (TPSA) is 96.8 Å². The molecule has 0 unspecified atom stereocenters. The first kappa shape index (κ1) is 26.2. The van der Waals surface area contributed by atoms with Crippen LogP contribution in [0.4, 0.5) is 5.69 Å². The number of piperazine rings is 1. The van der Waals surface area contributed by atoms with Crippen LogP contribution >= 0.6 is 0 Å². The van der Waals surface area contributed by atoms with E-state index in [1.54, 1.807) is 0 Å². The molecule has 1 aliphatic heterocycles. The summed E-state index contributed by atoms with van der Waals surface area (Å²) in [5, 5.41) is 6.88. The summed E-state index contributed by atoms with van der Waals surface area (Å²) in [6, 6.07) is 6.18. The summed E-state index contributed by atoms with van der Waals surface area (Å²) in [6.45, 7) is 13.2. The molecule has 1 aliphatic rings. The number of aryl methyl sites for hydroxylation is 2. The van der Waals surface area contributed by atoms with Gasteiger partial charge in [0.2, 0.25) is 5.03 Å². The number of nitrogens with one attached hydrogen (secondary N) is 1. The number of hydrogen-bond acceptors (Lipinski definition) is 6. The lowest BCUT2D eigenvalue weighted by Gasteiger charge is -2.36. The zero-order valence-corrected chi connectivity index (χ0v) is 21.7. The van der Waals surface area contributed by atoms with Crippen LogP contribution < -0.4 is 10.2 Å². The Labute approximate surface area is 203 Å². The lowest BCUT2D eigenvalue weighted by molar-refractivity contribution is 0.0756. The molecular formula is C24H37N5O4S. The van der Waals surface area contributed by atoms with E-state index in [4.69, 9.17) is 4.74 Å². The minimum atomic E-state index is -3.91. The van der Waals surface area contributed by atoms with Crippen LogP contribution in [0.2, 0.25) is 0 Å². The molecule has 0 aliphatic carbocycles. The Morgan fingerprint density at radius 2 is 1.88 bits per heavy atom. The molecule has 0 atom stereocenters. The van der Waals surface area contributed by atoms with Crippen LogP contribution in [0.15, 0.2) is 29.4 Å². The van der Waals surface area contributed by atoms with Gasteiger partial charge >= 0.3 is 0 Å². The smallest absolute Gasteiger partial charge is 0.263 e. The summed E-state index contributed by atoms with van der Waals surface area (Å²) in [5.41, 5.74) is 3.64. The lowest BCUT2D eigenvalue weighted by Crippen LogP contribution is -2.49. The number of amides is 1. The number of sulfonamides is 1. The van der Waals surface area contributed by atoms with Crippen molar-refractivity contribution in [3.05, 3.63) is 41.1 Å². The van der Waals surface area contributed by atoms with Crippen LogP contribution in [0.1, 0.15) is 48.7 Å². The van der Waals surface area contributed by atoms with Gasteiger partial charge in [0, 0.05) is 57.8 Å². The van der Waals surface area contributed by atoms with Gasteiger partial charge in [-0.15, -0.1) is 0 Å². The second-order valence-corrected chi connectivity index (χ2v) is 10.7. The first-order chi connectivity index (χ1) is 16.1. The van der Waals surface area contributed by atoms with Crippen LogP contribution in [0.3, 0.4) is 0 Å². The molecule has 0 saturated carbocycles. The Morgan fingerprint density at radius 1 is 1.18 bits per heavy atom. The molecule has 0 bridgehead atoms. The summed E-state index contributed by atoms with van der Waals surface area (Å²) in [5.74, 6) is -0.433. The number of anilines is 1. The number of aromatic nitrogens is 2. The first-order valence-electron chi connectivity index (χ1n) is 11.9. The van der Waals surface area contributed by atoms with Crippen molar-refractivity contribution in [2.24, 2.45) is 0 Å². The summed E-state index contributed by atoms with van der Waals surface area (Å²) in [6.07, 6.45) is 2.29. The van der Waals surface area contributed by atoms with Gasteiger partial charge in [0.1, 0.15) is 0 Å². The van der Waals surface area contributed by atoms with Crippen LogP contribution in [-0.4, -0.2) is 73.8 Å². The second kappa shape index (κ2) is 11.3. The second-order valence-electron chi connectivity index (χ2n) is 8.84. The maximum atomic E-state index is 13.5. The van der Waals surface area contributed by atoms with E-state index in [1.165, 1.54) is 26.3 Å². The summed E-state index contributed by atoms with van der Waals surface area (Å²) < 4.78 is 35.4. The van der Waals surface area contributed by atoms with Crippen molar-refractivity contribution < 1.29 is 17.9 Å². The SMILES string of the molecule is CCn1cc(C(=O)NCCCOC(C)C)c(S(=O)(=O)N2CCN(c3cccc(C)c3C)CC2)n1. The average molecular weight is 492 g/mol. The van der Waals surface area contributed by atoms with Gasteiger partial charge in [0.15, 0.2) is 0 Å². The molecule has 0 radical (unpaired) electrons. The number of hydrogen-bond donors (Lipinski definition) is 1. The van der Waals surface area contributed by atoms with Gasteiger partial charge < -0.3 is 15.0 Å². The van der Waals surface area contributed by atoms with E-state index in [1.807, 2.05) is 26.8 Å². The monoisotopic (exact) mass is 491 g/mol. The van der Waals surface area contributed by atoms with E-state index in [0.29, 0.717) is 52.3 Å². The number of carbonyl (C=O) groups excluding carboxylic acids is 1. The molecule has 1 aromatic carbocycles. The molecule has 1 amide bonds. The molecule has 1 saturated heterocycles. The fraction of sp³-hybridized carbons (Fsp3) is 0.583. The van der Waals surface area contributed by atoms with E-state index in [9.17, 15) is 13.2 Å². The summed E-state index contributed by atoms with van der Waals surface area (Å²) in [4.78, 5) is 15.0. The van der Waals surface area contributed by atoms with Gasteiger partial charge in [-0.2, -0.15) is 9.40 Å². The van der Waals surface area contributed by atoms with Gasteiger partial charge in [-0.25, -0.2) is 8.42 Å².